The molecule has 5 heteroatoms. The van der Waals surface area contributed by atoms with Gasteiger partial charge in [0.1, 0.15) is 0 Å². The second kappa shape index (κ2) is 6.52. The summed E-state index contributed by atoms with van der Waals surface area (Å²) in [4.78, 5) is 24.5. The van der Waals surface area contributed by atoms with Crippen LogP contribution in [0.25, 0.3) is 0 Å². The number of nitrogens with zero attached hydrogens (tertiary/aromatic N) is 1. The van der Waals surface area contributed by atoms with E-state index in [0.717, 1.165) is 18.7 Å². The van der Waals surface area contributed by atoms with E-state index in [1.54, 1.807) is 4.90 Å². The van der Waals surface area contributed by atoms with Crippen LogP contribution in [0.15, 0.2) is 24.3 Å². The molecule has 0 bridgehead atoms. The molecule has 0 spiro atoms. The average molecular weight is 275 g/mol. The molecule has 0 radical (unpaired) electrons. The molecule has 1 aromatic carbocycles. The summed E-state index contributed by atoms with van der Waals surface area (Å²) in [6.07, 6.45) is 1.10. The monoisotopic (exact) mass is 275 g/mol. The normalized spacial score (nSPS) is 17.0. The Morgan fingerprint density at radius 2 is 1.80 bits per heavy atom. The van der Waals surface area contributed by atoms with E-state index in [1.807, 2.05) is 24.3 Å². The van der Waals surface area contributed by atoms with Crippen LogP contribution in [0.2, 0.25) is 0 Å². The first-order chi connectivity index (χ1) is 9.60. The Morgan fingerprint density at radius 3 is 2.35 bits per heavy atom. The van der Waals surface area contributed by atoms with Gasteiger partial charge >= 0.3 is 0 Å². The summed E-state index contributed by atoms with van der Waals surface area (Å²) in [6, 6.07) is 8.31. The maximum atomic E-state index is 11.4. The number of nitrogens with one attached hydrogen (secondary N) is 2. The maximum absolute atomic E-state index is 11.4. The summed E-state index contributed by atoms with van der Waals surface area (Å²) in [6.45, 7) is 5.72. The molecule has 20 heavy (non-hydrogen) atoms. The summed E-state index contributed by atoms with van der Waals surface area (Å²) in [7, 11) is 0. The Kier molecular flexibility index (Phi) is 4.74. The molecule has 0 saturated carbocycles. The van der Waals surface area contributed by atoms with Gasteiger partial charge in [-0.15, -0.1) is 0 Å². The minimum absolute atomic E-state index is 0.231. The summed E-state index contributed by atoms with van der Waals surface area (Å²) in [5, 5.41) is 5.73. The van der Waals surface area contributed by atoms with E-state index in [1.165, 1.54) is 5.56 Å². The number of carbonyl (C=O) groups is 2. The third-order valence-corrected chi connectivity index (χ3v) is 3.41. The Balaban J connectivity index is 2.04. The molecule has 2 N–H and O–H groups in total. The zero-order valence-electron chi connectivity index (χ0n) is 12.0. The number of rotatable bonds is 5. The fourth-order valence-corrected chi connectivity index (χ4v) is 2.27. The number of imide groups is 1. The highest BCUT2D eigenvalue weighted by atomic mass is 16.2. The molecule has 1 heterocycles. The van der Waals surface area contributed by atoms with Gasteiger partial charge in [-0.2, -0.15) is 0 Å². The lowest BCUT2D eigenvalue weighted by molar-refractivity contribution is -0.130. The summed E-state index contributed by atoms with van der Waals surface area (Å²) in [5.41, 5.74) is 2.11. The van der Waals surface area contributed by atoms with E-state index in [2.05, 4.69) is 24.5 Å². The van der Waals surface area contributed by atoms with Crippen molar-refractivity contribution in [2.24, 2.45) is 0 Å². The van der Waals surface area contributed by atoms with E-state index >= 15 is 0 Å². The van der Waals surface area contributed by atoms with E-state index in [0.29, 0.717) is 6.04 Å². The molecule has 1 aliphatic heterocycles. The van der Waals surface area contributed by atoms with Gasteiger partial charge in [-0.25, -0.2) is 0 Å². The standard InChI is InChI=1S/C15H21N3O2/c1-3-8-16-11(2)12-4-6-13(7-5-12)18-9-14(19)17-15(20)10-18/h4-7,11,16H,3,8-10H2,1-2H3,(H,17,19,20). The number of amides is 2. The molecule has 5 nitrogen and oxygen atoms in total. The average Bonchev–Trinajstić information content (AvgIpc) is 2.44. The number of hydrogen-bond donors (Lipinski definition) is 2. The number of carbonyl (C=O) groups excluding carboxylic acids is 2. The first-order valence-electron chi connectivity index (χ1n) is 7.01. The lowest BCUT2D eigenvalue weighted by atomic mass is 10.1. The van der Waals surface area contributed by atoms with Crippen molar-refractivity contribution >= 4 is 17.5 Å². The third-order valence-electron chi connectivity index (χ3n) is 3.41. The molecular weight excluding hydrogens is 254 g/mol. The van der Waals surface area contributed by atoms with Gasteiger partial charge in [-0.05, 0) is 37.6 Å². The highest BCUT2D eigenvalue weighted by Crippen LogP contribution is 2.19. The van der Waals surface area contributed by atoms with Gasteiger partial charge in [0, 0.05) is 11.7 Å². The first-order valence-corrected chi connectivity index (χ1v) is 7.01. The highest BCUT2D eigenvalue weighted by Gasteiger charge is 2.22. The second-order valence-corrected chi connectivity index (χ2v) is 5.09. The fraction of sp³-hybridized carbons (Fsp3) is 0.467. The van der Waals surface area contributed by atoms with Crippen LogP contribution in [-0.2, 0) is 9.59 Å². The topological polar surface area (TPSA) is 61.4 Å². The fourth-order valence-electron chi connectivity index (χ4n) is 2.27. The predicted octanol–water partition coefficient (Wildman–Crippen LogP) is 1.21. The van der Waals surface area contributed by atoms with Crippen LogP contribution in [0.4, 0.5) is 5.69 Å². The minimum atomic E-state index is -0.247. The van der Waals surface area contributed by atoms with Gasteiger partial charge in [-0.3, -0.25) is 14.9 Å². The van der Waals surface area contributed by atoms with Gasteiger partial charge in [0.25, 0.3) is 0 Å². The molecule has 1 saturated heterocycles. The second-order valence-electron chi connectivity index (χ2n) is 5.09. The third kappa shape index (κ3) is 3.57. The molecule has 1 fully saturated rings. The maximum Gasteiger partial charge on any atom is 0.246 e. The van der Waals surface area contributed by atoms with Gasteiger partial charge in [-0.1, -0.05) is 19.1 Å². The number of anilines is 1. The molecule has 0 aromatic heterocycles. The van der Waals surface area contributed by atoms with Gasteiger partial charge in [0.2, 0.25) is 11.8 Å². The predicted molar refractivity (Wildman–Crippen MR) is 78.5 cm³/mol. The van der Waals surface area contributed by atoms with Crippen molar-refractivity contribution < 1.29 is 9.59 Å². The van der Waals surface area contributed by atoms with E-state index < -0.39 is 0 Å². The molecule has 2 amide bonds. The van der Waals surface area contributed by atoms with Crippen LogP contribution in [0, 0.1) is 0 Å². The molecule has 1 unspecified atom stereocenters. The van der Waals surface area contributed by atoms with Crippen molar-refractivity contribution in [3.05, 3.63) is 29.8 Å². The SMILES string of the molecule is CCCNC(C)c1ccc(N2CC(=O)NC(=O)C2)cc1. The molecule has 0 aliphatic carbocycles. The largest absolute Gasteiger partial charge is 0.353 e. The van der Waals surface area contributed by atoms with Crippen LogP contribution >= 0.6 is 0 Å². The summed E-state index contributed by atoms with van der Waals surface area (Å²) in [5.74, 6) is -0.494. The molecule has 1 aromatic rings. The molecule has 1 aliphatic rings. The lowest BCUT2D eigenvalue weighted by Gasteiger charge is -2.27. The van der Waals surface area contributed by atoms with Crippen LogP contribution in [0.3, 0.4) is 0 Å². The van der Waals surface area contributed by atoms with Crippen molar-refractivity contribution in [3.8, 4) is 0 Å². The Bertz CT molecular complexity index is 468. The zero-order valence-corrected chi connectivity index (χ0v) is 12.0. The van der Waals surface area contributed by atoms with Crippen molar-refractivity contribution in [2.75, 3.05) is 24.5 Å². The quantitative estimate of drug-likeness (QED) is 0.793. The summed E-state index contributed by atoms with van der Waals surface area (Å²) >= 11 is 0. The molecule has 108 valence electrons. The van der Waals surface area contributed by atoms with Crippen molar-refractivity contribution in [1.82, 2.24) is 10.6 Å². The lowest BCUT2D eigenvalue weighted by Crippen LogP contribution is -2.51. The Labute approximate surface area is 119 Å². The van der Waals surface area contributed by atoms with Crippen LogP contribution < -0.4 is 15.5 Å². The molecule has 2 rings (SSSR count). The van der Waals surface area contributed by atoms with Gasteiger partial charge < -0.3 is 10.2 Å². The Hall–Kier alpha value is -1.88. The summed E-state index contributed by atoms with van der Waals surface area (Å²) < 4.78 is 0. The van der Waals surface area contributed by atoms with Crippen LogP contribution in [0.1, 0.15) is 31.9 Å². The van der Waals surface area contributed by atoms with Crippen molar-refractivity contribution in [1.29, 1.82) is 0 Å². The van der Waals surface area contributed by atoms with Crippen molar-refractivity contribution in [3.63, 3.8) is 0 Å². The number of hydrogen-bond acceptors (Lipinski definition) is 4. The van der Waals surface area contributed by atoms with Gasteiger partial charge in [0.15, 0.2) is 0 Å². The highest BCUT2D eigenvalue weighted by molar-refractivity contribution is 6.02. The van der Waals surface area contributed by atoms with E-state index in [4.69, 9.17) is 0 Å². The van der Waals surface area contributed by atoms with Crippen molar-refractivity contribution in [2.45, 2.75) is 26.3 Å². The first kappa shape index (κ1) is 14.5. The van der Waals surface area contributed by atoms with E-state index in [-0.39, 0.29) is 24.9 Å². The minimum Gasteiger partial charge on any atom is -0.353 e. The number of piperazine rings is 1. The van der Waals surface area contributed by atoms with Crippen LogP contribution in [0.5, 0.6) is 0 Å². The zero-order chi connectivity index (χ0) is 14.5. The molecule has 1 atom stereocenters. The Morgan fingerprint density at radius 1 is 1.20 bits per heavy atom. The number of benzene rings is 1. The van der Waals surface area contributed by atoms with Gasteiger partial charge in [0.05, 0.1) is 13.1 Å². The smallest absolute Gasteiger partial charge is 0.246 e. The molecular formula is C15H21N3O2. The van der Waals surface area contributed by atoms with E-state index in [9.17, 15) is 9.59 Å². The van der Waals surface area contributed by atoms with Crippen LogP contribution in [-0.4, -0.2) is 31.4 Å².